The van der Waals surface area contributed by atoms with Crippen molar-refractivity contribution in [1.82, 2.24) is 9.55 Å². The first-order valence-corrected chi connectivity index (χ1v) is 6.43. The molecule has 4 heteroatoms. The normalized spacial score (nSPS) is 14.4. The van der Waals surface area contributed by atoms with Crippen molar-refractivity contribution in [2.75, 3.05) is 7.11 Å². The summed E-state index contributed by atoms with van der Waals surface area (Å²) in [5.41, 5.74) is 3.80. The fourth-order valence-corrected chi connectivity index (χ4v) is 2.49. The molecule has 2 heterocycles. The third-order valence-corrected chi connectivity index (χ3v) is 3.59. The minimum Gasteiger partial charge on any atom is -0.465 e. The lowest BCUT2D eigenvalue weighted by Gasteiger charge is -2.10. The van der Waals surface area contributed by atoms with Crippen LogP contribution in [-0.4, -0.2) is 22.6 Å². The van der Waals surface area contributed by atoms with E-state index in [1.165, 1.54) is 20.0 Å². The largest absolute Gasteiger partial charge is 0.465 e. The molecule has 19 heavy (non-hydrogen) atoms. The molecule has 0 unspecified atom stereocenters. The van der Waals surface area contributed by atoms with Crippen LogP contribution >= 0.6 is 0 Å². The molecule has 0 radical (unpaired) electrons. The predicted octanol–water partition coefficient (Wildman–Crippen LogP) is 2.98. The summed E-state index contributed by atoms with van der Waals surface area (Å²) in [7, 11) is 1.42. The molecule has 3 rings (SSSR count). The van der Waals surface area contributed by atoms with E-state index in [0.29, 0.717) is 11.6 Å². The van der Waals surface area contributed by atoms with Crippen LogP contribution in [0.3, 0.4) is 0 Å². The van der Waals surface area contributed by atoms with E-state index in [1.807, 2.05) is 25.1 Å². The Hall–Kier alpha value is -2.10. The highest BCUT2D eigenvalue weighted by atomic mass is 16.5. The molecular formula is C15H16N2O2. The molecule has 1 aliphatic carbocycles. The van der Waals surface area contributed by atoms with Crippen LogP contribution in [0, 0.1) is 6.92 Å². The monoisotopic (exact) mass is 256 g/mol. The van der Waals surface area contributed by atoms with Gasteiger partial charge in [0.1, 0.15) is 0 Å². The van der Waals surface area contributed by atoms with Gasteiger partial charge in [-0.3, -0.25) is 4.98 Å². The van der Waals surface area contributed by atoms with Crippen molar-refractivity contribution >= 4 is 5.97 Å². The lowest BCUT2D eigenvalue weighted by molar-refractivity contribution is 0.0600. The van der Waals surface area contributed by atoms with Crippen LogP contribution in [0.25, 0.3) is 11.3 Å². The molecular weight excluding hydrogens is 240 g/mol. The fraction of sp³-hybridized carbons (Fsp3) is 0.333. The summed E-state index contributed by atoms with van der Waals surface area (Å²) < 4.78 is 7.11. The lowest BCUT2D eigenvalue weighted by atomic mass is 10.2. The van der Waals surface area contributed by atoms with Crippen molar-refractivity contribution < 1.29 is 9.53 Å². The number of carbonyl (C=O) groups excluding carboxylic acids is 1. The maximum absolute atomic E-state index is 11.8. The number of esters is 1. The zero-order chi connectivity index (χ0) is 13.4. The highest BCUT2D eigenvalue weighted by molar-refractivity contribution is 5.92. The third-order valence-electron chi connectivity index (χ3n) is 3.59. The summed E-state index contributed by atoms with van der Waals surface area (Å²) in [4.78, 5) is 15.9. The molecule has 1 saturated carbocycles. The zero-order valence-electron chi connectivity index (χ0n) is 11.1. The van der Waals surface area contributed by atoms with Gasteiger partial charge >= 0.3 is 5.97 Å². The Kier molecular flexibility index (Phi) is 2.85. The van der Waals surface area contributed by atoms with E-state index in [9.17, 15) is 4.79 Å². The van der Waals surface area contributed by atoms with Gasteiger partial charge in [-0.25, -0.2) is 4.79 Å². The first-order valence-electron chi connectivity index (χ1n) is 6.43. The van der Waals surface area contributed by atoms with Crippen LogP contribution in [0.5, 0.6) is 0 Å². The molecule has 2 aromatic heterocycles. The summed E-state index contributed by atoms with van der Waals surface area (Å²) in [5, 5.41) is 0. The molecule has 0 N–H and O–H groups in total. The lowest BCUT2D eigenvalue weighted by Crippen LogP contribution is -2.04. The Morgan fingerprint density at radius 1 is 1.37 bits per heavy atom. The van der Waals surface area contributed by atoms with Crippen LogP contribution in [0.4, 0.5) is 0 Å². The summed E-state index contributed by atoms with van der Waals surface area (Å²) in [6, 6.07) is 6.37. The van der Waals surface area contributed by atoms with Crippen LogP contribution in [-0.2, 0) is 4.74 Å². The van der Waals surface area contributed by atoms with Crippen molar-refractivity contribution in [1.29, 1.82) is 0 Å². The first-order chi connectivity index (χ1) is 9.22. The quantitative estimate of drug-likeness (QED) is 0.793. The number of ether oxygens (including phenoxy) is 1. The molecule has 0 amide bonds. The number of hydrogen-bond acceptors (Lipinski definition) is 3. The molecule has 2 aromatic rings. The number of rotatable bonds is 3. The average molecular weight is 256 g/mol. The van der Waals surface area contributed by atoms with Gasteiger partial charge in [-0.1, -0.05) is 0 Å². The van der Waals surface area contributed by atoms with Crippen LogP contribution in [0.2, 0.25) is 0 Å². The number of aromatic nitrogens is 2. The average Bonchev–Trinajstić information content (AvgIpc) is 3.22. The standard InChI is InChI=1S/C15H16N2O2/c1-10-13(15(18)19-2)9-14(17(10)12-3-4-12)11-5-7-16-8-6-11/h5-9,12H,3-4H2,1-2H3. The van der Waals surface area contributed by atoms with Crippen LogP contribution in [0.15, 0.2) is 30.6 Å². The Morgan fingerprint density at radius 2 is 2.05 bits per heavy atom. The van der Waals surface area contributed by atoms with E-state index < -0.39 is 0 Å². The van der Waals surface area contributed by atoms with Gasteiger partial charge < -0.3 is 9.30 Å². The summed E-state index contributed by atoms with van der Waals surface area (Å²) in [6.45, 7) is 1.98. The Labute approximate surface area is 112 Å². The van der Waals surface area contributed by atoms with Crippen LogP contribution in [0.1, 0.15) is 34.9 Å². The first kappa shape index (κ1) is 12.0. The van der Waals surface area contributed by atoms with Gasteiger partial charge in [0.15, 0.2) is 0 Å². The van der Waals surface area contributed by atoms with Gasteiger partial charge in [0.2, 0.25) is 0 Å². The Balaban J connectivity index is 2.15. The number of pyridine rings is 1. The van der Waals surface area contributed by atoms with Gasteiger partial charge in [0.25, 0.3) is 0 Å². The van der Waals surface area contributed by atoms with Gasteiger partial charge in [-0.15, -0.1) is 0 Å². The molecule has 1 aliphatic rings. The third kappa shape index (κ3) is 2.03. The zero-order valence-corrected chi connectivity index (χ0v) is 11.1. The van der Waals surface area contributed by atoms with E-state index in [4.69, 9.17) is 4.74 Å². The number of methoxy groups -OCH3 is 1. The molecule has 0 aromatic carbocycles. The smallest absolute Gasteiger partial charge is 0.339 e. The van der Waals surface area contributed by atoms with Crippen molar-refractivity contribution in [3.05, 3.63) is 41.9 Å². The summed E-state index contributed by atoms with van der Waals surface area (Å²) in [6.07, 6.45) is 5.89. The Bertz CT molecular complexity index is 613. The van der Waals surface area contributed by atoms with Gasteiger partial charge in [-0.2, -0.15) is 0 Å². The second kappa shape index (κ2) is 4.53. The van der Waals surface area contributed by atoms with Gasteiger partial charge in [0.05, 0.1) is 12.7 Å². The minimum atomic E-state index is -0.271. The van der Waals surface area contributed by atoms with E-state index in [2.05, 4.69) is 9.55 Å². The number of hydrogen-bond donors (Lipinski definition) is 0. The summed E-state index contributed by atoms with van der Waals surface area (Å²) >= 11 is 0. The minimum absolute atomic E-state index is 0.271. The molecule has 0 aliphatic heterocycles. The molecule has 1 fully saturated rings. The van der Waals surface area contributed by atoms with Gasteiger partial charge in [-0.05, 0) is 38.0 Å². The fourth-order valence-electron chi connectivity index (χ4n) is 2.49. The van der Waals surface area contributed by atoms with Crippen molar-refractivity contribution in [3.63, 3.8) is 0 Å². The van der Waals surface area contributed by atoms with Crippen molar-refractivity contribution in [2.45, 2.75) is 25.8 Å². The maximum Gasteiger partial charge on any atom is 0.339 e. The van der Waals surface area contributed by atoms with E-state index in [1.54, 1.807) is 12.4 Å². The summed E-state index contributed by atoms with van der Waals surface area (Å²) in [5.74, 6) is -0.271. The highest BCUT2D eigenvalue weighted by Crippen LogP contribution is 2.41. The van der Waals surface area contributed by atoms with Gasteiger partial charge in [0, 0.05) is 35.4 Å². The van der Waals surface area contributed by atoms with Crippen molar-refractivity contribution in [2.24, 2.45) is 0 Å². The van der Waals surface area contributed by atoms with E-state index in [-0.39, 0.29) is 5.97 Å². The molecule has 0 bridgehead atoms. The molecule has 98 valence electrons. The highest BCUT2D eigenvalue weighted by Gasteiger charge is 2.30. The van der Waals surface area contributed by atoms with Crippen molar-refractivity contribution in [3.8, 4) is 11.3 Å². The number of carbonyl (C=O) groups is 1. The van der Waals surface area contributed by atoms with E-state index in [0.717, 1.165) is 17.0 Å². The number of nitrogens with zero attached hydrogens (tertiary/aromatic N) is 2. The van der Waals surface area contributed by atoms with Crippen LogP contribution < -0.4 is 0 Å². The molecule has 0 atom stereocenters. The topological polar surface area (TPSA) is 44.1 Å². The molecule has 0 saturated heterocycles. The molecule has 4 nitrogen and oxygen atoms in total. The SMILES string of the molecule is COC(=O)c1cc(-c2ccncc2)n(C2CC2)c1C. The second-order valence-corrected chi connectivity index (χ2v) is 4.86. The maximum atomic E-state index is 11.8. The Morgan fingerprint density at radius 3 is 2.63 bits per heavy atom. The predicted molar refractivity (Wildman–Crippen MR) is 72.0 cm³/mol. The second-order valence-electron chi connectivity index (χ2n) is 4.86. The molecule has 0 spiro atoms. The van der Waals surface area contributed by atoms with E-state index >= 15 is 0 Å².